The Morgan fingerprint density at radius 3 is 2.47 bits per heavy atom. The van der Waals surface area contributed by atoms with Crippen molar-refractivity contribution in [1.82, 2.24) is 0 Å². The van der Waals surface area contributed by atoms with Crippen LogP contribution in [0.25, 0.3) is 0 Å². The Morgan fingerprint density at radius 1 is 1.18 bits per heavy atom. The van der Waals surface area contributed by atoms with E-state index in [1.165, 1.54) is 11.1 Å². The second-order valence-corrected chi connectivity index (χ2v) is 4.66. The van der Waals surface area contributed by atoms with Gasteiger partial charge in [-0.15, -0.1) is 0 Å². The summed E-state index contributed by atoms with van der Waals surface area (Å²) < 4.78 is 0. The van der Waals surface area contributed by atoms with E-state index in [9.17, 15) is 4.79 Å². The van der Waals surface area contributed by atoms with E-state index in [1.807, 2.05) is 30.3 Å². The zero-order valence-electron chi connectivity index (χ0n) is 10.7. The highest BCUT2D eigenvalue weighted by Crippen LogP contribution is 2.37. The van der Waals surface area contributed by atoms with Gasteiger partial charge in [-0.25, -0.2) is 0 Å². The first-order valence-electron chi connectivity index (χ1n) is 6.58. The Balaban J connectivity index is 2.25. The van der Waals surface area contributed by atoms with Gasteiger partial charge >= 0.3 is 0 Å². The third kappa shape index (κ3) is 2.33. The van der Waals surface area contributed by atoms with Crippen molar-refractivity contribution in [2.45, 2.75) is 39.5 Å². The number of carbonyl (C=O) groups is 1. The minimum Gasteiger partial charge on any atom is -0.294 e. The van der Waals surface area contributed by atoms with Gasteiger partial charge in [-0.2, -0.15) is 0 Å². The summed E-state index contributed by atoms with van der Waals surface area (Å²) in [7, 11) is 0. The standard InChI is InChI=1S/C16H20O/c1-3-12-10-11-15(14(12)4-2)16(17)13-8-6-5-7-9-13/h5-9,15H,3-4,10-11H2,1-2H3. The van der Waals surface area contributed by atoms with Crippen molar-refractivity contribution >= 4 is 5.78 Å². The topological polar surface area (TPSA) is 17.1 Å². The van der Waals surface area contributed by atoms with Gasteiger partial charge in [0.2, 0.25) is 0 Å². The molecular formula is C16H20O. The van der Waals surface area contributed by atoms with Crippen LogP contribution in [0, 0.1) is 5.92 Å². The zero-order chi connectivity index (χ0) is 12.3. The van der Waals surface area contributed by atoms with Crippen LogP contribution in [-0.4, -0.2) is 5.78 Å². The Hall–Kier alpha value is -1.37. The lowest BCUT2D eigenvalue weighted by molar-refractivity contribution is 0.0938. The number of Topliss-reactive ketones (excluding diaryl/α,β-unsaturated/α-hetero) is 1. The minimum absolute atomic E-state index is 0.150. The van der Waals surface area contributed by atoms with Gasteiger partial charge in [-0.3, -0.25) is 4.79 Å². The fourth-order valence-electron chi connectivity index (χ4n) is 2.89. The molecule has 0 fully saturated rings. The molecule has 1 atom stereocenters. The van der Waals surface area contributed by atoms with Gasteiger partial charge in [0.25, 0.3) is 0 Å². The average Bonchev–Trinajstić information content (AvgIpc) is 2.81. The van der Waals surface area contributed by atoms with Crippen LogP contribution in [0.3, 0.4) is 0 Å². The molecule has 0 saturated carbocycles. The molecule has 0 radical (unpaired) electrons. The maximum absolute atomic E-state index is 12.4. The highest BCUT2D eigenvalue weighted by atomic mass is 16.1. The minimum atomic E-state index is 0.150. The first kappa shape index (κ1) is 12.1. The molecule has 1 aromatic carbocycles. The molecule has 1 nitrogen and oxygen atoms in total. The molecule has 0 heterocycles. The van der Waals surface area contributed by atoms with Crippen molar-refractivity contribution < 1.29 is 4.79 Å². The average molecular weight is 228 g/mol. The van der Waals surface area contributed by atoms with E-state index in [0.717, 1.165) is 31.2 Å². The van der Waals surface area contributed by atoms with Gasteiger partial charge in [0.1, 0.15) is 0 Å². The van der Waals surface area contributed by atoms with Gasteiger partial charge in [-0.05, 0) is 25.7 Å². The van der Waals surface area contributed by atoms with E-state index in [-0.39, 0.29) is 5.92 Å². The monoisotopic (exact) mass is 228 g/mol. The summed E-state index contributed by atoms with van der Waals surface area (Å²) in [5.41, 5.74) is 3.78. The second-order valence-electron chi connectivity index (χ2n) is 4.66. The molecule has 0 amide bonds. The molecule has 0 bridgehead atoms. The third-order valence-corrected chi connectivity index (χ3v) is 3.79. The van der Waals surface area contributed by atoms with Crippen molar-refractivity contribution in [1.29, 1.82) is 0 Å². The van der Waals surface area contributed by atoms with E-state index >= 15 is 0 Å². The molecule has 1 aliphatic carbocycles. The van der Waals surface area contributed by atoms with Gasteiger partial charge in [0.15, 0.2) is 5.78 Å². The molecule has 0 N–H and O–H groups in total. The molecule has 2 rings (SSSR count). The molecule has 1 heteroatoms. The number of rotatable bonds is 4. The van der Waals surface area contributed by atoms with Gasteiger partial charge in [-0.1, -0.05) is 55.3 Å². The van der Waals surface area contributed by atoms with Crippen LogP contribution in [0.15, 0.2) is 41.5 Å². The molecule has 0 saturated heterocycles. The Morgan fingerprint density at radius 2 is 1.88 bits per heavy atom. The highest BCUT2D eigenvalue weighted by Gasteiger charge is 2.29. The van der Waals surface area contributed by atoms with E-state index in [0.29, 0.717) is 5.78 Å². The molecule has 1 unspecified atom stereocenters. The molecule has 17 heavy (non-hydrogen) atoms. The lowest BCUT2D eigenvalue weighted by Gasteiger charge is -2.13. The number of carbonyl (C=O) groups excluding carboxylic acids is 1. The summed E-state index contributed by atoms with van der Waals surface area (Å²) in [6.45, 7) is 4.36. The van der Waals surface area contributed by atoms with Crippen LogP contribution < -0.4 is 0 Å². The van der Waals surface area contributed by atoms with Gasteiger partial charge in [0, 0.05) is 11.5 Å². The van der Waals surface area contributed by atoms with Crippen LogP contribution in [-0.2, 0) is 0 Å². The van der Waals surface area contributed by atoms with E-state index < -0.39 is 0 Å². The molecule has 90 valence electrons. The van der Waals surface area contributed by atoms with E-state index in [1.54, 1.807) is 0 Å². The van der Waals surface area contributed by atoms with Crippen molar-refractivity contribution in [3.8, 4) is 0 Å². The summed E-state index contributed by atoms with van der Waals surface area (Å²) in [4.78, 5) is 12.4. The van der Waals surface area contributed by atoms with Crippen LogP contribution in [0.4, 0.5) is 0 Å². The Labute approximate surface area is 104 Å². The van der Waals surface area contributed by atoms with E-state index in [2.05, 4.69) is 13.8 Å². The summed E-state index contributed by atoms with van der Waals surface area (Å²) >= 11 is 0. The van der Waals surface area contributed by atoms with Crippen LogP contribution >= 0.6 is 0 Å². The number of hydrogen-bond donors (Lipinski definition) is 0. The lowest BCUT2D eigenvalue weighted by Crippen LogP contribution is -2.14. The molecular weight excluding hydrogens is 208 g/mol. The summed E-state index contributed by atoms with van der Waals surface area (Å²) in [5.74, 6) is 0.461. The first-order chi connectivity index (χ1) is 8.27. The summed E-state index contributed by atoms with van der Waals surface area (Å²) in [5, 5.41) is 0. The van der Waals surface area contributed by atoms with Crippen molar-refractivity contribution in [2.75, 3.05) is 0 Å². The number of allylic oxidation sites excluding steroid dienone is 2. The molecule has 0 spiro atoms. The van der Waals surface area contributed by atoms with Crippen LogP contribution in [0.1, 0.15) is 49.9 Å². The highest BCUT2D eigenvalue weighted by molar-refractivity contribution is 5.99. The molecule has 0 aromatic heterocycles. The first-order valence-corrected chi connectivity index (χ1v) is 6.58. The second kappa shape index (κ2) is 5.31. The maximum Gasteiger partial charge on any atom is 0.169 e. The SMILES string of the molecule is CCC1=C(CC)C(C(=O)c2ccccc2)CC1. The Bertz CT molecular complexity index is 428. The number of benzene rings is 1. The van der Waals surface area contributed by atoms with Gasteiger partial charge < -0.3 is 0 Å². The van der Waals surface area contributed by atoms with Crippen molar-refractivity contribution in [2.24, 2.45) is 5.92 Å². The largest absolute Gasteiger partial charge is 0.294 e. The predicted molar refractivity (Wildman–Crippen MR) is 71.1 cm³/mol. The molecule has 0 aliphatic heterocycles. The predicted octanol–water partition coefficient (Wildman–Crippen LogP) is 4.40. The smallest absolute Gasteiger partial charge is 0.169 e. The Kier molecular flexibility index (Phi) is 3.78. The van der Waals surface area contributed by atoms with Crippen molar-refractivity contribution in [3.05, 3.63) is 47.0 Å². The van der Waals surface area contributed by atoms with E-state index in [4.69, 9.17) is 0 Å². The quantitative estimate of drug-likeness (QED) is 0.551. The number of ketones is 1. The fraction of sp³-hybridized carbons (Fsp3) is 0.438. The van der Waals surface area contributed by atoms with Crippen LogP contribution in [0.5, 0.6) is 0 Å². The molecule has 1 aliphatic rings. The summed E-state index contributed by atoms with van der Waals surface area (Å²) in [6.07, 6.45) is 4.25. The zero-order valence-corrected chi connectivity index (χ0v) is 10.7. The normalized spacial score (nSPS) is 19.8. The summed E-state index contributed by atoms with van der Waals surface area (Å²) in [6, 6.07) is 9.70. The third-order valence-electron chi connectivity index (χ3n) is 3.79. The number of hydrogen-bond acceptors (Lipinski definition) is 1. The van der Waals surface area contributed by atoms with Gasteiger partial charge in [0.05, 0.1) is 0 Å². The maximum atomic E-state index is 12.4. The molecule has 1 aromatic rings. The lowest BCUT2D eigenvalue weighted by atomic mass is 9.90. The fourth-order valence-corrected chi connectivity index (χ4v) is 2.89. The van der Waals surface area contributed by atoms with Crippen molar-refractivity contribution in [3.63, 3.8) is 0 Å². The van der Waals surface area contributed by atoms with Crippen LogP contribution in [0.2, 0.25) is 0 Å².